The highest BCUT2D eigenvalue weighted by Crippen LogP contribution is 2.36. The number of nitrogens with zero attached hydrogens (tertiary/aromatic N) is 1. The fourth-order valence-electron chi connectivity index (χ4n) is 2.74. The van der Waals surface area contributed by atoms with Crippen molar-refractivity contribution in [1.82, 2.24) is 4.90 Å². The Morgan fingerprint density at radius 2 is 2.00 bits per heavy atom. The van der Waals surface area contributed by atoms with Gasteiger partial charge in [-0.15, -0.1) is 0 Å². The number of hydrogen-bond acceptors (Lipinski definition) is 3. The molecular formula is C16H17I2NO3. The van der Waals surface area contributed by atoms with Gasteiger partial charge in [-0.3, -0.25) is 4.79 Å². The third-order valence-electron chi connectivity index (χ3n) is 3.90. The Bertz CT molecular complexity index is 616. The van der Waals surface area contributed by atoms with E-state index in [4.69, 9.17) is 9.47 Å². The van der Waals surface area contributed by atoms with E-state index in [1.807, 2.05) is 17.0 Å². The highest BCUT2D eigenvalue weighted by atomic mass is 127. The van der Waals surface area contributed by atoms with Gasteiger partial charge in [0.05, 0.1) is 11.0 Å². The smallest absolute Gasteiger partial charge is 0.236 e. The SMILES string of the molecule is O=C(CI)N(Cc1cc2c(cc1I)OCO2)C1=CCCCC1. The molecule has 0 atom stereocenters. The zero-order valence-corrected chi connectivity index (χ0v) is 16.4. The van der Waals surface area contributed by atoms with Crippen molar-refractivity contribution in [2.75, 3.05) is 11.2 Å². The van der Waals surface area contributed by atoms with Crippen LogP contribution in [-0.2, 0) is 11.3 Å². The number of rotatable bonds is 4. The third-order valence-corrected chi connectivity index (χ3v) is 5.56. The summed E-state index contributed by atoms with van der Waals surface area (Å²) >= 11 is 4.44. The number of ether oxygens (including phenoxy) is 2. The van der Waals surface area contributed by atoms with E-state index in [2.05, 4.69) is 51.3 Å². The number of allylic oxidation sites excluding steroid dienone is 2. The van der Waals surface area contributed by atoms with Crippen molar-refractivity contribution in [2.45, 2.75) is 32.2 Å². The molecule has 0 N–H and O–H groups in total. The fraction of sp³-hybridized carbons (Fsp3) is 0.438. The minimum Gasteiger partial charge on any atom is -0.454 e. The Morgan fingerprint density at radius 3 is 2.68 bits per heavy atom. The molecule has 0 bridgehead atoms. The Hall–Kier alpha value is -0.510. The molecule has 22 heavy (non-hydrogen) atoms. The molecule has 1 aromatic carbocycles. The second-order valence-corrected chi connectivity index (χ2v) is 7.28. The van der Waals surface area contributed by atoms with Crippen LogP contribution in [0.15, 0.2) is 23.9 Å². The Kier molecular flexibility index (Phi) is 5.48. The van der Waals surface area contributed by atoms with E-state index in [0.29, 0.717) is 11.0 Å². The lowest BCUT2D eigenvalue weighted by molar-refractivity contribution is -0.126. The topological polar surface area (TPSA) is 38.8 Å². The number of halogens is 2. The maximum absolute atomic E-state index is 12.4. The third kappa shape index (κ3) is 3.52. The second kappa shape index (κ2) is 7.37. The summed E-state index contributed by atoms with van der Waals surface area (Å²) < 4.78 is 12.5. The van der Waals surface area contributed by atoms with Crippen LogP contribution in [0.25, 0.3) is 0 Å². The first-order chi connectivity index (χ1) is 10.7. The van der Waals surface area contributed by atoms with Gasteiger partial charge in [-0.05, 0) is 66.0 Å². The van der Waals surface area contributed by atoms with Crippen molar-refractivity contribution in [3.05, 3.63) is 33.0 Å². The first kappa shape index (κ1) is 16.4. The number of hydrogen-bond donors (Lipinski definition) is 0. The molecule has 2 aliphatic rings. The molecule has 0 fully saturated rings. The van der Waals surface area contributed by atoms with Crippen LogP contribution < -0.4 is 9.47 Å². The molecule has 0 spiro atoms. The monoisotopic (exact) mass is 525 g/mol. The molecule has 6 heteroatoms. The molecule has 1 heterocycles. The summed E-state index contributed by atoms with van der Waals surface area (Å²) in [6.07, 6.45) is 6.65. The average molecular weight is 525 g/mol. The van der Waals surface area contributed by atoms with Crippen molar-refractivity contribution >= 4 is 51.1 Å². The molecule has 1 aliphatic heterocycles. The Morgan fingerprint density at radius 1 is 1.23 bits per heavy atom. The Labute approximate surface area is 157 Å². The van der Waals surface area contributed by atoms with Crippen LogP contribution in [-0.4, -0.2) is 22.0 Å². The minimum absolute atomic E-state index is 0.169. The zero-order valence-electron chi connectivity index (χ0n) is 12.1. The molecule has 1 amide bonds. The highest BCUT2D eigenvalue weighted by Gasteiger charge is 2.22. The molecule has 0 radical (unpaired) electrons. The van der Waals surface area contributed by atoms with Gasteiger partial charge >= 0.3 is 0 Å². The van der Waals surface area contributed by atoms with Crippen LogP contribution in [0.3, 0.4) is 0 Å². The van der Waals surface area contributed by atoms with E-state index < -0.39 is 0 Å². The molecule has 1 aromatic rings. The number of carbonyl (C=O) groups is 1. The molecular weight excluding hydrogens is 508 g/mol. The van der Waals surface area contributed by atoms with Crippen molar-refractivity contribution < 1.29 is 14.3 Å². The fourth-order valence-corrected chi connectivity index (χ4v) is 3.76. The highest BCUT2D eigenvalue weighted by molar-refractivity contribution is 14.1. The summed E-state index contributed by atoms with van der Waals surface area (Å²) in [6, 6.07) is 3.99. The largest absolute Gasteiger partial charge is 0.454 e. The van der Waals surface area contributed by atoms with Crippen LogP contribution >= 0.6 is 45.2 Å². The molecule has 0 aromatic heterocycles. The summed E-state index contributed by atoms with van der Waals surface area (Å²) in [6.45, 7) is 0.874. The molecule has 0 unspecified atom stereocenters. The summed E-state index contributed by atoms with van der Waals surface area (Å²) in [4.78, 5) is 14.3. The van der Waals surface area contributed by atoms with E-state index in [0.717, 1.165) is 39.9 Å². The first-order valence-corrected chi connectivity index (χ1v) is 9.93. The van der Waals surface area contributed by atoms with E-state index in [-0.39, 0.29) is 12.7 Å². The number of benzene rings is 1. The standard InChI is InChI=1S/C16H17I2NO3/c17-8-16(20)19(12-4-2-1-3-5-12)9-11-6-14-15(7-13(11)18)22-10-21-14/h4,6-7H,1-3,5,8-10H2. The number of fused-ring (bicyclic) bond motifs is 1. The maximum atomic E-state index is 12.4. The van der Waals surface area contributed by atoms with Gasteiger partial charge in [-0.2, -0.15) is 0 Å². The summed E-state index contributed by atoms with van der Waals surface area (Å²) in [5.74, 6) is 1.73. The second-order valence-electron chi connectivity index (χ2n) is 5.35. The van der Waals surface area contributed by atoms with Crippen LogP contribution in [0.1, 0.15) is 31.2 Å². The van der Waals surface area contributed by atoms with Crippen LogP contribution in [0.4, 0.5) is 0 Å². The molecule has 0 saturated heterocycles. The predicted octanol–water partition coefficient (Wildman–Crippen LogP) is 4.24. The summed E-state index contributed by atoms with van der Waals surface area (Å²) in [5, 5.41) is 0. The Balaban J connectivity index is 1.87. The number of alkyl halides is 1. The van der Waals surface area contributed by atoms with Crippen molar-refractivity contribution in [3.63, 3.8) is 0 Å². The molecule has 0 saturated carbocycles. The predicted molar refractivity (Wildman–Crippen MR) is 101 cm³/mol. The van der Waals surface area contributed by atoms with Crippen molar-refractivity contribution in [3.8, 4) is 11.5 Å². The molecule has 4 nitrogen and oxygen atoms in total. The minimum atomic E-state index is 0.169. The average Bonchev–Trinajstić information content (AvgIpc) is 2.99. The lowest BCUT2D eigenvalue weighted by Gasteiger charge is -2.28. The van der Waals surface area contributed by atoms with E-state index >= 15 is 0 Å². The van der Waals surface area contributed by atoms with E-state index in [1.54, 1.807) is 0 Å². The van der Waals surface area contributed by atoms with Gasteiger partial charge in [0.15, 0.2) is 11.5 Å². The van der Waals surface area contributed by atoms with Crippen LogP contribution in [0, 0.1) is 3.57 Å². The molecule has 3 rings (SSSR count). The summed E-state index contributed by atoms with van der Waals surface area (Å²) in [5.41, 5.74) is 2.27. The van der Waals surface area contributed by atoms with Crippen LogP contribution in [0.5, 0.6) is 11.5 Å². The number of carbonyl (C=O) groups excluding carboxylic acids is 1. The van der Waals surface area contributed by atoms with Gasteiger partial charge in [-0.25, -0.2) is 0 Å². The lowest BCUT2D eigenvalue weighted by Crippen LogP contribution is -2.31. The number of amides is 1. The van der Waals surface area contributed by atoms with Crippen molar-refractivity contribution in [1.29, 1.82) is 0 Å². The zero-order chi connectivity index (χ0) is 15.5. The van der Waals surface area contributed by atoms with Gasteiger partial charge in [0, 0.05) is 9.27 Å². The van der Waals surface area contributed by atoms with Gasteiger partial charge < -0.3 is 14.4 Å². The van der Waals surface area contributed by atoms with Crippen molar-refractivity contribution in [2.24, 2.45) is 0 Å². The molecule has 118 valence electrons. The maximum Gasteiger partial charge on any atom is 0.236 e. The van der Waals surface area contributed by atoms with E-state index in [9.17, 15) is 4.79 Å². The first-order valence-electron chi connectivity index (χ1n) is 7.32. The van der Waals surface area contributed by atoms with Crippen LogP contribution in [0.2, 0.25) is 0 Å². The van der Waals surface area contributed by atoms with E-state index in [1.165, 1.54) is 12.1 Å². The van der Waals surface area contributed by atoms with Gasteiger partial charge in [0.25, 0.3) is 0 Å². The normalized spacial score (nSPS) is 16.4. The van der Waals surface area contributed by atoms with Gasteiger partial charge in [-0.1, -0.05) is 28.7 Å². The van der Waals surface area contributed by atoms with Gasteiger partial charge in [0.2, 0.25) is 12.7 Å². The van der Waals surface area contributed by atoms with Gasteiger partial charge in [0.1, 0.15) is 0 Å². The summed E-state index contributed by atoms with van der Waals surface area (Å²) in [7, 11) is 0. The quantitative estimate of drug-likeness (QED) is 0.437. The molecule has 1 aliphatic carbocycles. The lowest BCUT2D eigenvalue weighted by atomic mass is 10.0.